The number of nitrogens with two attached hydrogens (primary N) is 1. The van der Waals surface area contributed by atoms with E-state index in [1.54, 1.807) is 12.1 Å². The van der Waals surface area contributed by atoms with Crippen LogP contribution in [0.2, 0.25) is 5.02 Å². The van der Waals surface area contributed by atoms with Crippen LogP contribution in [-0.2, 0) is 10.0 Å². The van der Waals surface area contributed by atoms with Gasteiger partial charge in [0.05, 0.1) is 25.4 Å². The van der Waals surface area contributed by atoms with E-state index < -0.39 is 20.6 Å². The van der Waals surface area contributed by atoms with Gasteiger partial charge in [0.1, 0.15) is 0 Å². The van der Waals surface area contributed by atoms with Gasteiger partial charge in [-0.05, 0) is 36.0 Å². The summed E-state index contributed by atoms with van der Waals surface area (Å²) in [7, 11) is -4.08. The minimum atomic E-state index is -4.08. The number of anilines is 2. The number of nitro benzene ring substituents is 1. The molecule has 0 saturated heterocycles. The van der Waals surface area contributed by atoms with Crippen molar-refractivity contribution in [3.05, 3.63) is 57.6 Å². The van der Waals surface area contributed by atoms with E-state index in [-0.39, 0.29) is 31.6 Å². The number of rotatable bonds is 6. The molecule has 0 saturated carbocycles. The number of halogens is 1. The Morgan fingerprint density at radius 3 is 2.63 bits per heavy atom. The second kappa shape index (κ2) is 7.42. The normalized spacial score (nSPS) is 11.3. The van der Waals surface area contributed by atoms with Gasteiger partial charge in [-0.15, -0.1) is 5.10 Å². The first-order valence-corrected chi connectivity index (χ1v) is 9.85. The van der Waals surface area contributed by atoms with Gasteiger partial charge in [0.25, 0.3) is 15.7 Å². The third-order valence-electron chi connectivity index (χ3n) is 3.24. The zero-order chi connectivity index (χ0) is 19.6. The summed E-state index contributed by atoms with van der Waals surface area (Å²) >= 11 is 6.83. The zero-order valence-electron chi connectivity index (χ0n) is 13.3. The van der Waals surface area contributed by atoms with E-state index in [9.17, 15) is 18.5 Å². The lowest BCUT2D eigenvalue weighted by molar-refractivity contribution is -0.388. The van der Waals surface area contributed by atoms with Crippen molar-refractivity contribution in [2.45, 2.75) is 14.9 Å². The maximum absolute atomic E-state index is 12.6. The van der Waals surface area contributed by atoms with Crippen molar-refractivity contribution in [2.75, 3.05) is 10.5 Å². The van der Waals surface area contributed by atoms with Gasteiger partial charge in [-0.2, -0.15) is 4.98 Å². The molecule has 10 nitrogen and oxygen atoms in total. The smallest absolute Gasteiger partial charge is 0.284 e. The molecule has 140 valence electrons. The zero-order valence-corrected chi connectivity index (χ0v) is 15.7. The van der Waals surface area contributed by atoms with Crippen LogP contribution in [-0.4, -0.2) is 28.5 Å². The van der Waals surface area contributed by atoms with Crippen molar-refractivity contribution in [2.24, 2.45) is 0 Å². The number of H-pyrrole nitrogens is 1. The summed E-state index contributed by atoms with van der Waals surface area (Å²) in [4.78, 5) is 14.4. The standard InChI is InChI=1S/C14H11ClN6O4S2/c15-9-3-1-2-4-10(9)20-27(24,25)8-5-6-12(11(7-8)21(22)23)26-14-17-13(16)18-19-14/h1-7,20H,(H3,16,17,18,19). The third-order valence-corrected chi connectivity index (χ3v) is 5.86. The molecule has 0 aliphatic carbocycles. The first-order valence-electron chi connectivity index (χ1n) is 7.18. The number of nitrogens with zero attached hydrogens (tertiary/aromatic N) is 3. The average molecular weight is 427 g/mol. The summed E-state index contributed by atoms with van der Waals surface area (Å²) in [6.07, 6.45) is 0. The van der Waals surface area contributed by atoms with Crippen molar-refractivity contribution >= 4 is 50.7 Å². The van der Waals surface area contributed by atoms with Gasteiger partial charge in [0.15, 0.2) is 0 Å². The van der Waals surface area contributed by atoms with Gasteiger partial charge in [-0.1, -0.05) is 23.7 Å². The van der Waals surface area contributed by atoms with E-state index in [1.165, 1.54) is 24.3 Å². The maximum Gasteiger partial charge on any atom is 0.284 e. The van der Waals surface area contributed by atoms with Crippen LogP contribution in [0.3, 0.4) is 0 Å². The molecule has 1 aromatic heterocycles. The summed E-state index contributed by atoms with van der Waals surface area (Å²) in [5, 5.41) is 18.0. The molecule has 0 fully saturated rings. The molecule has 0 unspecified atom stereocenters. The van der Waals surface area contributed by atoms with Crippen LogP contribution >= 0.6 is 23.4 Å². The van der Waals surface area contributed by atoms with Gasteiger partial charge < -0.3 is 5.73 Å². The van der Waals surface area contributed by atoms with Gasteiger partial charge in [0, 0.05) is 6.07 Å². The lowest BCUT2D eigenvalue weighted by Gasteiger charge is -2.10. The molecule has 4 N–H and O–H groups in total. The predicted octanol–water partition coefficient (Wildman–Crippen LogP) is 2.90. The highest BCUT2D eigenvalue weighted by molar-refractivity contribution is 7.99. The van der Waals surface area contributed by atoms with Gasteiger partial charge >= 0.3 is 0 Å². The number of para-hydroxylation sites is 1. The van der Waals surface area contributed by atoms with E-state index in [4.69, 9.17) is 17.3 Å². The number of sulfonamides is 1. The highest BCUT2D eigenvalue weighted by Crippen LogP contribution is 2.35. The van der Waals surface area contributed by atoms with Gasteiger partial charge in [-0.3, -0.25) is 14.8 Å². The minimum Gasteiger partial charge on any atom is -0.368 e. The SMILES string of the molecule is Nc1nc(Sc2ccc(S(=O)(=O)Nc3ccccc3Cl)cc2[N+](=O)[O-])n[nH]1. The molecule has 0 radical (unpaired) electrons. The highest BCUT2D eigenvalue weighted by Gasteiger charge is 2.23. The number of aromatic nitrogens is 3. The Hall–Kier alpha value is -2.83. The summed E-state index contributed by atoms with van der Waals surface area (Å²) in [6.45, 7) is 0. The Morgan fingerprint density at radius 1 is 1.26 bits per heavy atom. The average Bonchev–Trinajstić information content (AvgIpc) is 3.01. The van der Waals surface area contributed by atoms with E-state index in [0.717, 1.165) is 17.8 Å². The molecule has 13 heteroatoms. The van der Waals surface area contributed by atoms with E-state index in [0.29, 0.717) is 0 Å². The lowest BCUT2D eigenvalue weighted by Crippen LogP contribution is -2.13. The molecule has 0 bridgehead atoms. The van der Waals surface area contributed by atoms with Crippen LogP contribution < -0.4 is 10.5 Å². The van der Waals surface area contributed by atoms with Crippen LogP contribution in [0.25, 0.3) is 0 Å². The van der Waals surface area contributed by atoms with Gasteiger partial charge in [-0.25, -0.2) is 13.5 Å². The third kappa shape index (κ3) is 4.30. The largest absolute Gasteiger partial charge is 0.368 e. The maximum atomic E-state index is 12.6. The summed E-state index contributed by atoms with van der Waals surface area (Å²) in [5.74, 6) is 0.0586. The van der Waals surface area contributed by atoms with Crippen LogP contribution in [0.1, 0.15) is 0 Å². The molecule has 0 amide bonds. The fourth-order valence-corrected chi connectivity index (χ4v) is 4.19. The van der Waals surface area contributed by atoms with Gasteiger partial charge in [0.2, 0.25) is 11.1 Å². The second-order valence-electron chi connectivity index (χ2n) is 5.08. The quantitative estimate of drug-likeness (QED) is 0.401. The Kier molecular flexibility index (Phi) is 5.21. The van der Waals surface area contributed by atoms with Crippen LogP contribution in [0.15, 0.2) is 57.4 Å². The molecule has 0 aliphatic heterocycles. The number of nitro groups is 1. The molecule has 1 heterocycles. The first-order chi connectivity index (χ1) is 12.8. The molecular weight excluding hydrogens is 416 g/mol. The van der Waals surface area contributed by atoms with E-state index in [1.807, 2.05) is 0 Å². The summed E-state index contributed by atoms with van der Waals surface area (Å²) < 4.78 is 27.4. The number of hydrogen-bond acceptors (Lipinski definition) is 8. The Morgan fingerprint density at radius 2 is 2.00 bits per heavy atom. The van der Waals surface area contributed by atoms with E-state index in [2.05, 4.69) is 19.9 Å². The molecular formula is C14H11ClN6O4S2. The first kappa shape index (κ1) is 18.9. The molecule has 0 spiro atoms. The van der Waals surface area contributed by atoms with Crippen molar-refractivity contribution < 1.29 is 13.3 Å². The second-order valence-corrected chi connectivity index (χ2v) is 8.18. The van der Waals surface area contributed by atoms with E-state index >= 15 is 0 Å². The van der Waals surface area contributed by atoms with Crippen molar-refractivity contribution in [3.63, 3.8) is 0 Å². The number of benzene rings is 2. The fraction of sp³-hybridized carbons (Fsp3) is 0. The lowest BCUT2D eigenvalue weighted by atomic mass is 10.3. The minimum absolute atomic E-state index is 0.0586. The molecule has 3 rings (SSSR count). The van der Waals surface area contributed by atoms with Crippen molar-refractivity contribution in [3.8, 4) is 0 Å². The highest BCUT2D eigenvalue weighted by atomic mass is 35.5. The molecule has 0 aliphatic rings. The number of aromatic amines is 1. The molecule has 27 heavy (non-hydrogen) atoms. The summed E-state index contributed by atoms with van der Waals surface area (Å²) in [5.41, 5.74) is 5.17. The number of nitrogens with one attached hydrogen (secondary N) is 2. The summed E-state index contributed by atoms with van der Waals surface area (Å²) in [6, 6.07) is 9.75. The Labute approximate surface area is 162 Å². The topological polar surface area (TPSA) is 157 Å². The monoisotopic (exact) mass is 426 g/mol. The Bertz CT molecular complexity index is 1120. The number of hydrogen-bond donors (Lipinski definition) is 3. The predicted molar refractivity (Wildman–Crippen MR) is 100 cm³/mol. The van der Waals surface area contributed by atoms with Crippen molar-refractivity contribution in [1.82, 2.24) is 15.2 Å². The van der Waals surface area contributed by atoms with Crippen LogP contribution in [0, 0.1) is 10.1 Å². The molecule has 2 aromatic carbocycles. The Balaban J connectivity index is 1.95. The number of nitrogen functional groups attached to an aromatic ring is 1. The van der Waals surface area contributed by atoms with Crippen LogP contribution in [0.5, 0.6) is 0 Å². The van der Waals surface area contributed by atoms with Crippen molar-refractivity contribution in [1.29, 1.82) is 0 Å². The molecule has 3 aromatic rings. The molecule has 0 atom stereocenters. The fourth-order valence-electron chi connectivity index (χ4n) is 2.04. The van der Waals surface area contributed by atoms with Crippen LogP contribution in [0.4, 0.5) is 17.3 Å².